The van der Waals surface area contributed by atoms with Crippen molar-refractivity contribution < 1.29 is 13.9 Å². The smallest absolute Gasteiger partial charge is 0.264 e. The molecule has 2 aliphatic rings. The first-order valence-electron chi connectivity index (χ1n) is 10.6. The van der Waals surface area contributed by atoms with Gasteiger partial charge in [-0.05, 0) is 86.5 Å². The Morgan fingerprint density at radius 3 is 2.41 bits per heavy atom. The van der Waals surface area contributed by atoms with Crippen LogP contribution in [0.25, 0.3) is 0 Å². The molecule has 4 rings (SSSR count). The quantitative estimate of drug-likeness (QED) is 0.400. The van der Waals surface area contributed by atoms with Crippen molar-refractivity contribution in [3.63, 3.8) is 0 Å². The Balaban J connectivity index is 1.26. The van der Waals surface area contributed by atoms with Gasteiger partial charge in [-0.2, -0.15) is 0 Å². The van der Waals surface area contributed by atoms with Crippen molar-refractivity contribution >= 4 is 52.7 Å². The Bertz CT molecular complexity index is 962. The van der Waals surface area contributed by atoms with Gasteiger partial charge in [-0.3, -0.25) is 14.4 Å². The molecule has 0 unspecified atom stereocenters. The van der Waals surface area contributed by atoms with Crippen LogP contribution in [0.4, 0.5) is 4.39 Å². The largest absolute Gasteiger partial charge is 0.492 e. The predicted octanol–water partition coefficient (Wildman–Crippen LogP) is 6.62. The van der Waals surface area contributed by atoms with Gasteiger partial charge >= 0.3 is 0 Å². The number of piperidine rings is 1. The average molecular weight is 518 g/mol. The molecule has 1 N–H and O–H groups in total. The second-order valence-electron chi connectivity index (χ2n) is 8.32. The van der Waals surface area contributed by atoms with Crippen LogP contribution in [0.2, 0.25) is 15.1 Å². The molecule has 2 fully saturated rings. The number of rotatable bonds is 8. The number of nitrogens with zero attached hydrogens (tertiary/aromatic N) is 1. The van der Waals surface area contributed by atoms with E-state index in [9.17, 15) is 9.18 Å². The zero-order chi connectivity index (χ0) is 22.7. The van der Waals surface area contributed by atoms with E-state index in [4.69, 9.17) is 39.5 Å². The summed E-state index contributed by atoms with van der Waals surface area (Å²) in [6, 6.07) is 8.16. The number of benzene rings is 2. The molecule has 32 heavy (non-hydrogen) atoms. The van der Waals surface area contributed by atoms with Crippen LogP contribution in [0.5, 0.6) is 5.75 Å². The van der Waals surface area contributed by atoms with Crippen molar-refractivity contribution in [3.8, 4) is 5.75 Å². The number of hydrogen-bond donors (Lipinski definition) is 1. The molecule has 1 aliphatic heterocycles. The molecule has 0 atom stereocenters. The van der Waals surface area contributed by atoms with Crippen LogP contribution in [0.15, 0.2) is 30.3 Å². The second kappa shape index (κ2) is 10.8. The van der Waals surface area contributed by atoms with E-state index in [2.05, 4.69) is 9.62 Å². The molecular formula is C23H24Cl3FN2O2S. The van der Waals surface area contributed by atoms with Gasteiger partial charge < -0.3 is 4.74 Å². The van der Waals surface area contributed by atoms with Crippen molar-refractivity contribution in [1.29, 1.82) is 0 Å². The summed E-state index contributed by atoms with van der Waals surface area (Å²) < 4.78 is 23.0. The number of hydrogen-bond acceptors (Lipinski definition) is 4. The van der Waals surface area contributed by atoms with Gasteiger partial charge in [-0.15, -0.1) is 0 Å². The SMILES string of the molecule is O=C(NSC1CC1)c1cc(Cl)c(OCC2CCN(Cc3cc(Cl)cc(Cl)c3)CC2)cc1F. The van der Waals surface area contributed by atoms with E-state index >= 15 is 0 Å². The zero-order valence-corrected chi connectivity index (χ0v) is 20.5. The Morgan fingerprint density at radius 2 is 1.75 bits per heavy atom. The van der Waals surface area contributed by atoms with E-state index in [0.717, 1.165) is 50.9 Å². The minimum Gasteiger partial charge on any atom is -0.492 e. The Hall–Kier alpha value is -1.18. The van der Waals surface area contributed by atoms with Crippen LogP contribution < -0.4 is 9.46 Å². The number of likely N-dealkylation sites (tertiary alicyclic amines) is 1. The maximum absolute atomic E-state index is 14.5. The van der Waals surface area contributed by atoms with Crippen molar-refractivity contribution in [2.24, 2.45) is 5.92 Å². The van der Waals surface area contributed by atoms with Gasteiger partial charge in [-0.1, -0.05) is 34.8 Å². The molecule has 1 amide bonds. The summed E-state index contributed by atoms with van der Waals surface area (Å²) in [6.07, 6.45) is 4.09. The first-order valence-corrected chi connectivity index (χ1v) is 12.6. The van der Waals surface area contributed by atoms with Crippen LogP contribution in [-0.4, -0.2) is 35.8 Å². The fraction of sp³-hybridized carbons (Fsp3) is 0.435. The molecule has 1 saturated heterocycles. The molecule has 2 aromatic rings. The maximum atomic E-state index is 14.5. The third kappa shape index (κ3) is 6.67. The van der Waals surface area contributed by atoms with Gasteiger partial charge in [0, 0.05) is 27.9 Å². The molecule has 0 spiro atoms. The summed E-state index contributed by atoms with van der Waals surface area (Å²) in [5.41, 5.74) is 1.03. The standard InChI is InChI=1S/C23H24Cl3FN2O2S/c24-16-7-15(8-17(25)9-16)12-29-5-3-14(4-6-29)13-31-22-11-21(27)19(10-20(22)26)23(30)28-32-18-1-2-18/h7-11,14,18H,1-6,12-13H2,(H,28,30). The molecule has 0 radical (unpaired) electrons. The lowest BCUT2D eigenvalue weighted by Crippen LogP contribution is -2.35. The van der Waals surface area contributed by atoms with E-state index in [0.29, 0.717) is 27.8 Å². The molecule has 4 nitrogen and oxygen atoms in total. The number of nitrogens with one attached hydrogen (secondary N) is 1. The van der Waals surface area contributed by atoms with Crippen molar-refractivity contribution in [2.75, 3.05) is 19.7 Å². The number of amides is 1. The fourth-order valence-corrected chi connectivity index (χ4v) is 5.22. The van der Waals surface area contributed by atoms with Crippen LogP contribution in [-0.2, 0) is 6.54 Å². The van der Waals surface area contributed by atoms with Crippen LogP contribution in [0, 0.1) is 11.7 Å². The minimum atomic E-state index is -0.631. The maximum Gasteiger partial charge on any atom is 0.264 e. The van der Waals surface area contributed by atoms with E-state index < -0.39 is 11.7 Å². The number of ether oxygens (including phenoxy) is 1. The fourth-order valence-electron chi connectivity index (χ4n) is 3.67. The average Bonchev–Trinajstić information content (AvgIpc) is 3.57. The van der Waals surface area contributed by atoms with E-state index in [1.165, 1.54) is 24.1 Å². The number of carbonyl (C=O) groups is 1. The van der Waals surface area contributed by atoms with Gasteiger partial charge in [-0.25, -0.2) is 4.39 Å². The van der Waals surface area contributed by atoms with Crippen LogP contribution in [0.1, 0.15) is 41.6 Å². The first-order chi connectivity index (χ1) is 15.4. The Labute approximate surface area is 206 Å². The molecule has 0 aromatic heterocycles. The molecule has 2 aromatic carbocycles. The Kier molecular flexibility index (Phi) is 8.11. The highest BCUT2D eigenvalue weighted by Gasteiger charge is 2.25. The highest BCUT2D eigenvalue weighted by atomic mass is 35.5. The van der Waals surface area contributed by atoms with Crippen molar-refractivity contribution in [1.82, 2.24) is 9.62 Å². The minimum absolute atomic E-state index is 0.0649. The normalized spacial score (nSPS) is 17.4. The van der Waals surface area contributed by atoms with Crippen LogP contribution >= 0.6 is 46.8 Å². The predicted molar refractivity (Wildman–Crippen MR) is 129 cm³/mol. The van der Waals surface area contributed by atoms with E-state index in [-0.39, 0.29) is 16.3 Å². The molecule has 0 bridgehead atoms. The molecular weight excluding hydrogens is 494 g/mol. The van der Waals surface area contributed by atoms with E-state index in [1.807, 2.05) is 12.1 Å². The summed E-state index contributed by atoms with van der Waals surface area (Å²) in [5, 5.41) is 1.97. The first kappa shape index (κ1) is 24.0. The third-order valence-corrected chi connectivity index (χ3v) is 7.46. The molecule has 1 heterocycles. The summed E-state index contributed by atoms with van der Waals surface area (Å²) in [5.74, 6) is -0.479. The highest BCUT2D eigenvalue weighted by molar-refractivity contribution is 7.98. The van der Waals surface area contributed by atoms with Crippen molar-refractivity contribution in [3.05, 3.63) is 62.3 Å². The van der Waals surface area contributed by atoms with Gasteiger partial charge in [0.1, 0.15) is 11.6 Å². The second-order valence-corrected chi connectivity index (χ2v) is 10.7. The topological polar surface area (TPSA) is 41.6 Å². The lowest BCUT2D eigenvalue weighted by molar-refractivity contribution is 0.0980. The molecule has 172 valence electrons. The van der Waals surface area contributed by atoms with Crippen LogP contribution in [0.3, 0.4) is 0 Å². The van der Waals surface area contributed by atoms with Gasteiger partial charge in [0.2, 0.25) is 0 Å². The van der Waals surface area contributed by atoms with Gasteiger partial charge in [0.05, 0.1) is 17.2 Å². The Morgan fingerprint density at radius 1 is 1.06 bits per heavy atom. The molecule has 1 saturated carbocycles. The summed E-state index contributed by atoms with van der Waals surface area (Å²) in [7, 11) is 0. The lowest BCUT2D eigenvalue weighted by atomic mass is 9.97. The molecule has 1 aliphatic carbocycles. The highest BCUT2D eigenvalue weighted by Crippen LogP contribution is 2.33. The number of halogens is 4. The lowest BCUT2D eigenvalue weighted by Gasteiger charge is -2.32. The summed E-state index contributed by atoms with van der Waals surface area (Å²) in [6.45, 7) is 3.11. The summed E-state index contributed by atoms with van der Waals surface area (Å²) >= 11 is 19.8. The third-order valence-electron chi connectivity index (χ3n) is 5.62. The monoisotopic (exact) mass is 516 g/mol. The van der Waals surface area contributed by atoms with Gasteiger partial charge in [0.15, 0.2) is 0 Å². The zero-order valence-electron chi connectivity index (χ0n) is 17.4. The van der Waals surface area contributed by atoms with E-state index in [1.54, 1.807) is 6.07 Å². The van der Waals surface area contributed by atoms with Gasteiger partial charge in [0.25, 0.3) is 5.91 Å². The summed E-state index contributed by atoms with van der Waals surface area (Å²) in [4.78, 5) is 14.5. The van der Waals surface area contributed by atoms with Crippen molar-refractivity contribution in [2.45, 2.75) is 37.5 Å². The number of carbonyl (C=O) groups excluding carboxylic acids is 1. The molecule has 9 heteroatoms.